The quantitative estimate of drug-likeness (QED) is 0.223. The maximum Gasteiger partial charge on any atom is 0.416 e. The van der Waals surface area contributed by atoms with E-state index >= 15 is 0 Å². The van der Waals surface area contributed by atoms with Gasteiger partial charge in [0, 0.05) is 40.7 Å². The van der Waals surface area contributed by atoms with Crippen LogP contribution < -0.4 is 4.90 Å². The monoisotopic (exact) mass is 534 g/mol. The summed E-state index contributed by atoms with van der Waals surface area (Å²) in [5.41, 5.74) is 2.72. The van der Waals surface area contributed by atoms with Gasteiger partial charge in [-0.25, -0.2) is 0 Å². The minimum atomic E-state index is -4.55. The molecular weight excluding hydrogens is 505 g/mol. The van der Waals surface area contributed by atoms with Gasteiger partial charge in [-0.15, -0.1) is 0 Å². The third kappa shape index (κ3) is 5.28. The first-order valence-corrected chi connectivity index (χ1v) is 13.1. The highest BCUT2D eigenvalue weighted by Crippen LogP contribution is 2.44. The average Bonchev–Trinajstić information content (AvgIpc) is 3.71. The summed E-state index contributed by atoms with van der Waals surface area (Å²) >= 11 is 0. The van der Waals surface area contributed by atoms with Crippen molar-refractivity contribution in [1.82, 2.24) is 4.57 Å². The molecule has 1 heterocycles. The van der Waals surface area contributed by atoms with Gasteiger partial charge < -0.3 is 14.2 Å². The Balaban J connectivity index is 1.73. The Bertz CT molecular complexity index is 1540. The second kappa shape index (κ2) is 10.6. The molecular formula is C31H29F3N2O3. The lowest BCUT2D eigenvalue weighted by Gasteiger charge is -2.25. The number of halogens is 3. The number of benzene rings is 3. The van der Waals surface area contributed by atoms with E-state index in [0.29, 0.717) is 34.5 Å². The predicted octanol–water partition coefficient (Wildman–Crippen LogP) is 7.32. The van der Waals surface area contributed by atoms with Crippen LogP contribution in [0.15, 0.2) is 72.9 Å². The molecule has 1 amide bonds. The molecule has 0 spiro atoms. The van der Waals surface area contributed by atoms with Crippen LogP contribution in [0, 0.1) is 5.92 Å². The van der Waals surface area contributed by atoms with E-state index in [1.165, 1.54) is 6.07 Å². The topological polar surface area (TPSA) is 51.5 Å². The summed E-state index contributed by atoms with van der Waals surface area (Å²) in [6.45, 7) is 4.22. The van der Waals surface area contributed by atoms with Gasteiger partial charge in [0.15, 0.2) is 0 Å². The standard InChI is InChI=1S/C31H29F3N2O3/c1-3-36(30(38)20-13-14-20)28-12-8-6-9-23(28)25-17-21(31(32,33)34)15-16-22(25)26-18-35(19-29(37)39-4-2)27-11-7-5-10-24(26)27/h5-12,15-18,20H,3-4,13-14,19H2,1-2H3. The first-order valence-electron chi connectivity index (χ1n) is 13.1. The van der Waals surface area contributed by atoms with E-state index in [2.05, 4.69) is 0 Å². The predicted molar refractivity (Wildman–Crippen MR) is 145 cm³/mol. The number of para-hydroxylation sites is 2. The lowest BCUT2D eigenvalue weighted by molar-refractivity contribution is -0.143. The summed E-state index contributed by atoms with van der Waals surface area (Å²) < 4.78 is 48.7. The first-order chi connectivity index (χ1) is 18.7. The van der Waals surface area contributed by atoms with Crippen LogP contribution in [0.5, 0.6) is 0 Å². The van der Waals surface area contributed by atoms with Crippen molar-refractivity contribution in [2.45, 2.75) is 39.4 Å². The van der Waals surface area contributed by atoms with Crippen LogP contribution in [-0.4, -0.2) is 29.6 Å². The van der Waals surface area contributed by atoms with Gasteiger partial charge in [0.2, 0.25) is 5.91 Å². The molecule has 39 heavy (non-hydrogen) atoms. The number of carbonyl (C=O) groups is 2. The number of amides is 1. The number of nitrogens with zero attached hydrogens (tertiary/aromatic N) is 2. The minimum Gasteiger partial charge on any atom is -0.465 e. The van der Waals surface area contributed by atoms with Gasteiger partial charge >= 0.3 is 12.1 Å². The Morgan fingerprint density at radius 1 is 0.923 bits per heavy atom. The van der Waals surface area contributed by atoms with Crippen LogP contribution in [0.1, 0.15) is 32.3 Å². The summed E-state index contributed by atoms with van der Waals surface area (Å²) in [6, 6.07) is 18.3. The molecule has 0 N–H and O–H groups in total. The summed E-state index contributed by atoms with van der Waals surface area (Å²) in [7, 11) is 0. The molecule has 0 saturated heterocycles. The lowest BCUT2D eigenvalue weighted by atomic mass is 9.91. The van der Waals surface area contributed by atoms with Crippen molar-refractivity contribution >= 4 is 28.5 Å². The normalized spacial score (nSPS) is 13.5. The van der Waals surface area contributed by atoms with Crippen molar-refractivity contribution in [3.63, 3.8) is 0 Å². The van der Waals surface area contributed by atoms with Gasteiger partial charge in [0.1, 0.15) is 6.54 Å². The molecule has 202 valence electrons. The number of esters is 1. The number of hydrogen-bond acceptors (Lipinski definition) is 3. The molecule has 0 bridgehead atoms. The van der Waals surface area contributed by atoms with Crippen LogP contribution in [0.4, 0.5) is 18.9 Å². The van der Waals surface area contributed by atoms with Crippen LogP contribution in [0.25, 0.3) is 33.2 Å². The van der Waals surface area contributed by atoms with E-state index in [4.69, 9.17) is 4.74 Å². The highest BCUT2D eigenvalue weighted by Gasteiger charge is 2.35. The molecule has 1 aromatic heterocycles. The van der Waals surface area contributed by atoms with Gasteiger partial charge in [0.05, 0.1) is 17.9 Å². The molecule has 0 unspecified atom stereocenters. The van der Waals surface area contributed by atoms with Crippen molar-refractivity contribution in [3.8, 4) is 22.3 Å². The number of carbonyl (C=O) groups excluding carboxylic acids is 2. The number of hydrogen-bond donors (Lipinski definition) is 0. The van der Waals surface area contributed by atoms with Gasteiger partial charge in [-0.05, 0) is 62.1 Å². The SMILES string of the molecule is CCOC(=O)Cn1cc(-c2ccc(C(F)(F)F)cc2-c2ccccc2N(CC)C(=O)C2CC2)c2ccccc21. The molecule has 3 aromatic carbocycles. The molecule has 1 fully saturated rings. The molecule has 0 aliphatic heterocycles. The van der Waals surface area contributed by atoms with Crippen LogP contribution in [-0.2, 0) is 27.0 Å². The molecule has 1 aliphatic rings. The molecule has 4 aromatic rings. The van der Waals surface area contributed by atoms with E-state index < -0.39 is 17.7 Å². The Morgan fingerprint density at radius 3 is 2.33 bits per heavy atom. The van der Waals surface area contributed by atoms with Gasteiger partial charge in [0.25, 0.3) is 0 Å². The first kappa shape index (κ1) is 26.5. The fraction of sp³-hybridized carbons (Fsp3) is 0.290. The summed E-state index contributed by atoms with van der Waals surface area (Å²) in [5, 5.41) is 0.793. The van der Waals surface area contributed by atoms with Crippen molar-refractivity contribution in [1.29, 1.82) is 0 Å². The van der Waals surface area contributed by atoms with Crippen LogP contribution in [0.2, 0.25) is 0 Å². The van der Waals surface area contributed by atoms with E-state index in [-0.39, 0.29) is 25.0 Å². The maximum absolute atomic E-state index is 13.9. The highest BCUT2D eigenvalue weighted by molar-refractivity contribution is 6.05. The summed E-state index contributed by atoms with van der Waals surface area (Å²) in [4.78, 5) is 27.1. The van der Waals surface area contributed by atoms with E-state index in [9.17, 15) is 22.8 Å². The van der Waals surface area contributed by atoms with E-state index in [0.717, 1.165) is 35.9 Å². The Morgan fingerprint density at radius 2 is 1.64 bits per heavy atom. The number of aromatic nitrogens is 1. The van der Waals surface area contributed by atoms with Crippen molar-refractivity contribution < 1.29 is 27.5 Å². The zero-order chi connectivity index (χ0) is 27.7. The smallest absolute Gasteiger partial charge is 0.416 e. The number of anilines is 1. The van der Waals surface area contributed by atoms with Crippen LogP contribution >= 0.6 is 0 Å². The molecule has 5 rings (SSSR count). The lowest BCUT2D eigenvalue weighted by Crippen LogP contribution is -2.32. The number of fused-ring (bicyclic) bond motifs is 1. The van der Waals surface area contributed by atoms with E-state index in [1.54, 1.807) is 46.9 Å². The van der Waals surface area contributed by atoms with Gasteiger partial charge in [-0.2, -0.15) is 13.2 Å². The highest BCUT2D eigenvalue weighted by atomic mass is 19.4. The van der Waals surface area contributed by atoms with E-state index in [1.807, 2.05) is 31.2 Å². The third-order valence-electron chi connectivity index (χ3n) is 7.02. The zero-order valence-electron chi connectivity index (χ0n) is 21.8. The average molecular weight is 535 g/mol. The third-order valence-corrected chi connectivity index (χ3v) is 7.02. The fourth-order valence-corrected chi connectivity index (χ4v) is 5.05. The number of ether oxygens (including phenoxy) is 1. The maximum atomic E-state index is 13.9. The van der Waals surface area contributed by atoms with Crippen LogP contribution in [0.3, 0.4) is 0 Å². The molecule has 5 nitrogen and oxygen atoms in total. The molecule has 1 saturated carbocycles. The zero-order valence-corrected chi connectivity index (χ0v) is 21.8. The Labute approximate surface area is 224 Å². The number of alkyl halides is 3. The second-order valence-electron chi connectivity index (χ2n) is 9.62. The number of rotatable bonds is 8. The fourth-order valence-electron chi connectivity index (χ4n) is 5.05. The van der Waals surface area contributed by atoms with Crippen molar-refractivity contribution in [3.05, 3.63) is 78.5 Å². The Kier molecular flexibility index (Phi) is 7.21. The second-order valence-corrected chi connectivity index (χ2v) is 9.62. The molecule has 1 aliphatic carbocycles. The molecule has 0 radical (unpaired) electrons. The summed E-state index contributed by atoms with van der Waals surface area (Å²) in [5.74, 6) is -0.454. The summed E-state index contributed by atoms with van der Waals surface area (Å²) in [6.07, 6.45) is -1.11. The van der Waals surface area contributed by atoms with Gasteiger partial charge in [-0.1, -0.05) is 42.5 Å². The van der Waals surface area contributed by atoms with Crippen molar-refractivity contribution in [2.75, 3.05) is 18.1 Å². The Hall–Kier alpha value is -4.07. The molecule has 8 heteroatoms. The van der Waals surface area contributed by atoms with Crippen molar-refractivity contribution in [2.24, 2.45) is 5.92 Å². The minimum absolute atomic E-state index is 0.00971. The largest absolute Gasteiger partial charge is 0.465 e. The molecule has 0 atom stereocenters. The van der Waals surface area contributed by atoms with Gasteiger partial charge in [-0.3, -0.25) is 9.59 Å².